The van der Waals surface area contributed by atoms with Gasteiger partial charge in [-0.2, -0.15) is 5.26 Å². The van der Waals surface area contributed by atoms with E-state index in [0.29, 0.717) is 23.7 Å². The Kier molecular flexibility index (Phi) is 5.42. The lowest BCUT2D eigenvalue weighted by Gasteiger charge is -2.42. The zero-order chi connectivity index (χ0) is 15.5. The second kappa shape index (κ2) is 7.33. The molecular formula is C20H32FN. The zero-order valence-corrected chi connectivity index (χ0v) is 14.1. The van der Waals surface area contributed by atoms with Gasteiger partial charge < -0.3 is 0 Å². The highest BCUT2D eigenvalue weighted by atomic mass is 19.1. The average Bonchev–Trinajstić information content (AvgIpc) is 2.56. The van der Waals surface area contributed by atoms with E-state index < -0.39 is 6.17 Å². The fourth-order valence-corrected chi connectivity index (χ4v) is 5.56. The lowest BCUT2D eigenvalue weighted by molar-refractivity contribution is 0.0359. The standard InChI is InChI=1S/C20H32FN/c1-14-2-6-17(7-3-14)19-11-10-18(12-20(19)21)16-8-4-15(13-22)5-9-16/h14-20H,2-12H2,1H3. The monoisotopic (exact) mass is 305 g/mol. The Balaban J connectivity index is 1.49. The molecule has 3 unspecified atom stereocenters. The van der Waals surface area contributed by atoms with Gasteiger partial charge in [-0.15, -0.1) is 0 Å². The Morgan fingerprint density at radius 2 is 1.36 bits per heavy atom. The molecule has 3 rings (SSSR count). The molecule has 124 valence electrons. The van der Waals surface area contributed by atoms with Gasteiger partial charge in [-0.05, 0) is 87.4 Å². The van der Waals surface area contributed by atoms with Gasteiger partial charge in [0.1, 0.15) is 6.17 Å². The van der Waals surface area contributed by atoms with Gasteiger partial charge in [-0.1, -0.05) is 19.8 Å². The van der Waals surface area contributed by atoms with Gasteiger partial charge in [0.25, 0.3) is 0 Å². The van der Waals surface area contributed by atoms with E-state index in [1.54, 1.807) is 0 Å². The quantitative estimate of drug-likeness (QED) is 0.623. The Morgan fingerprint density at radius 1 is 0.773 bits per heavy atom. The summed E-state index contributed by atoms with van der Waals surface area (Å²) in [6.07, 6.45) is 12.3. The molecule has 0 radical (unpaired) electrons. The van der Waals surface area contributed by atoms with E-state index in [1.807, 2.05) is 0 Å². The summed E-state index contributed by atoms with van der Waals surface area (Å²) >= 11 is 0. The number of rotatable bonds is 2. The van der Waals surface area contributed by atoms with E-state index in [4.69, 9.17) is 5.26 Å². The molecule has 1 nitrogen and oxygen atoms in total. The highest BCUT2D eigenvalue weighted by molar-refractivity contribution is 4.92. The average molecular weight is 305 g/mol. The normalized spacial score (nSPS) is 46.9. The van der Waals surface area contributed by atoms with Crippen molar-refractivity contribution in [2.24, 2.45) is 35.5 Å². The molecule has 3 saturated carbocycles. The Morgan fingerprint density at radius 3 is 1.95 bits per heavy atom. The van der Waals surface area contributed by atoms with Gasteiger partial charge in [0.15, 0.2) is 0 Å². The first-order valence-electron chi connectivity index (χ1n) is 9.71. The molecule has 3 atom stereocenters. The topological polar surface area (TPSA) is 23.8 Å². The highest BCUT2D eigenvalue weighted by Crippen LogP contribution is 2.46. The molecule has 2 heteroatoms. The fraction of sp³-hybridized carbons (Fsp3) is 0.950. The maximum atomic E-state index is 14.8. The van der Waals surface area contributed by atoms with Crippen molar-refractivity contribution in [3.63, 3.8) is 0 Å². The zero-order valence-electron chi connectivity index (χ0n) is 14.1. The lowest BCUT2D eigenvalue weighted by Crippen LogP contribution is -2.36. The first kappa shape index (κ1) is 16.3. The molecule has 0 heterocycles. The van der Waals surface area contributed by atoms with Crippen molar-refractivity contribution < 1.29 is 4.39 Å². The lowest BCUT2D eigenvalue weighted by atomic mass is 9.64. The number of hydrogen-bond acceptors (Lipinski definition) is 1. The van der Waals surface area contributed by atoms with Crippen LogP contribution in [0.4, 0.5) is 4.39 Å². The molecule has 0 bridgehead atoms. The van der Waals surface area contributed by atoms with Crippen LogP contribution >= 0.6 is 0 Å². The largest absolute Gasteiger partial charge is 0.247 e. The van der Waals surface area contributed by atoms with E-state index in [2.05, 4.69) is 13.0 Å². The van der Waals surface area contributed by atoms with Crippen LogP contribution < -0.4 is 0 Å². The van der Waals surface area contributed by atoms with Crippen LogP contribution in [-0.4, -0.2) is 6.17 Å². The molecule has 0 aliphatic heterocycles. The molecule has 0 aromatic carbocycles. The van der Waals surface area contributed by atoms with E-state index in [0.717, 1.165) is 31.6 Å². The van der Waals surface area contributed by atoms with E-state index >= 15 is 0 Å². The number of nitrogens with zero attached hydrogens (tertiary/aromatic N) is 1. The first-order valence-corrected chi connectivity index (χ1v) is 9.71. The molecule has 0 N–H and O–H groups in total. The molecule has 0 saturated heterocycles. The van der Waals surface area contributed by atoms with Crippen molar-refractivity contribution in [2.75, 3.05) is 0 Å². The van der Waals surface area contributed by atoms with Crippen LogP contribution in [0.3, 0.4) is 0 Å². The van der Waals surface area contributed by atoms with Crippen LogP contribution in [0, 0.1) is 46.8 Å². The minimum Gasteiger partial charge on any atom is -0.247 e. The van der Waals surface area contributed by atoms with Gasteiger partial charge in [0, 0.05) is 5.92 Å². The first-order chi connectivity index (χ1) is 10.7. The van der Waals surface area contributed by atoms with Crippen LogP contribution in [0.15, 0.2) is 0 Å². The maximum absolute atomic E-state index is 14.8. The third-order valence-corrected chi connectivity index (χ3v) is 7.15. The van der Waals surface area contributed by atoms with E-state index in [1.165, 1.54) is 44.9 Å². The van der Waals surface area contributed by atoms with Crippen LogP contribution in [0.25, 0.3) is 0 Å². The van der Waals surface area contributed by atoms with Gasteiger partial charge in [0.05, 0.1) is 6.07 Å². The minimum absolute atomic E-state index is 0.276. The second-order valence-electron chi connectivity index (χ2n) is 8.51. The van der Waals surface area contributed by atoms with Crippen molar-refractivity contribution in [3.05, 3.63) is 0 Å². The van der Waals surface area contributed by atoms with Crippen LogP contribution in [-0.2, 0) is 0 Å². The predicted molar refractivity (Wildman–Crippen MR) is 87.9 cm³/mol. The van der Waals surface area contributed by atoms with Crippen molar-refractivity contribution >= 4 is 0 Å². The van der Waals surface area contributed by atoms with Crippen LogP contribution in [0.5, 0.6) is 0 Å². The van der Waals surface area contributed by atoms with Crippen LogP contribution in [0.1, 0.15) is 77.6 Å². The van der Waals surface area contributed by atoms with Crippen LogP contribution in [0.2, 0.25) is 0 Å². The van der Waals surface area contributed by atoms with Gasteiger partial charge in [-0.25, -0.2) is 4.39 Å². The molecule has 0 amide bonds. The van der Waals surface area contributed by atoms with Gasteiger partial charge in [-0.3, -0.25) is 0 Å². The third kappa shape index (κ3) is 3.66. The summed E-state index contributed by atoms with van der Waals surface area (Å²) in [6, 6.07) is 2.42. The fourth-order valence-electron chi connectivity index (χ4n) is 5.56. The number of halogens is 1. The number of hydrogen-bond donors (Lipinski definition) is 0. The molecule has 0 aromatic rings. The Bertz CT molecular complexity index is 385. The summed E-state index contributed by atoms with van der Waals surface area (Å²) in [5.41, 5.74) is 0. The highest BCUT2D eigenvalue weighted by Gasteiger charge is 2.39. The van der Waals surface area contributed by atoms with Crippen molar-refractivity contribution in [2.45, 2.75) is 83.7 Å². The summed E-state index contributed by atoms with van der Waals surface area (Å²) in [5, 5.41) is 9.02. The number of nitriles is 1. The van der Waals surface area contributed by atoms with E-state index in [-0.39, 0.29) is 5.92 Å². The summed E-state index contributed by atoms with van der Waals surface area (Å²) in [7, 11) is 0. The molecule has 22 heavy (non-hydrogen) atoms. The van der Waals surface area contributed by atoms with Crippen molar-refractivity contribution in [3.8, 4) is 6.07 Å². The summed E-state index contributed by atoms with van der Waals surface area (Å²) < 4.78 is 14.8. The summed E-state index contributed by atoms with van der Waals surface area (Å²) in [4.78, 5) is 0. The Labute approximate surface area is 135 Å². The summed E-state index contributed by atoms with van der Waals surface area (Å²) in [5.74, 6) is 3.48. The molecule has 3 aliphatic rings. The maximum Gasteiger partial charge on any atom is 0.103 e. The predicted octanol–water partition coefficient (Wildman–Crippen LogP) is 5.90. The van der Waals surface area contributed by atoms with Gasteiger partial charge in [0.2, 0.25) is 0 Å². The van der Waals surface area contributed by atoms with E-state index in [9.17, 15) is 4.39 Å². The number of alkyl halides is 1. The Hall–Kier alpha value is -0.580. The molecule has 0 aromatic heterocycles. The summed E-state index contributed by atoms with van der Waals surface area (Å²) in [6.45, 7) is 2.34. The SMILES string of the molecule is CC1CCC(C2CCC(C3CCC(C#N)CC3)CC2F)CC1. The molecule has 3 aliphatic carbocycles. The smallest absolute Gasteiger partial charge is 0.103 e. The van der Waals surface area contributed by atoms with Gasteiger partial charge >= 0.3 is 0 Å². The molecular weight excluding hydrogens is 273 g/mol. The third-order valence-electron chi connectivity index (χ3n) is 7.15. The minimum atomic E-state index is -0.550. The molecule has 0 spiro atoms. The van der Waals surface area contributed by atoms with Crippen molar-refractivity contribution in [1.29, 1.82) is 5.26 Å². The van der Waals surface area contributed by atoms with Crippen molar-refractivity contribution in [1.82, 2.24) is 0 Å². The molecule has 3 fully saturated rings. The second-order valence-corrected chi connectivity index (χ2v) is 8.51.